The van der Waals surface area contributed by atoms with Crippen LogP contribution in [0.15, 0.2) is 30.0 Å². The minimum Gasteiger partial charge on any atom is -0.454 e. The third kappa shape index (κ3) is 6.98. The predicted molar refractivity (Wildman–Crippen MR) is 116 cm³/mol. The lowest BCUT2D eigenvalue weighted by molar-refractivity contribution is -0.117. The number of fused-ring (bicyclic) bond motifs is 1. The van der Waals surface area contributed by atoms with Gasteiger partial charge in [0.2, 0.25) is 6.79 Å². The first-order valence-electron chi connectivity index (χ1n) is 11.3. The second kappa shape index (κ2) is 12.1. The molecule has 0 saturated heterocycles. The van der Waals surface area contributed by atoms with Crippen molar-refractivity contribution < 1.29 is 14.3 Å². The van der Waals surface area contributed by atoms with E-state index in [9.17, 15) is 10.1 Å². The molecule has 1 aliphatic carbocycles. The van der Waals surface area contributed by atoms with Gasteiger partial charge in [-0.25, -0.2) is 0 Å². The van der Waals surface area contributed by atoms with Crippen LogP contribution in [-0.2, 0) is 11.3 Å². The molecule has 6 nitrogen and oxygen atoms in total. The van der Waals surface area contributed by atoms with Crippen LogP contribution in [0.2, 0.25) is 0 Å². The average Bonchev–Trinajstić information content (AvgIpc) is 3.21. The topological polar surface area (TPSA) is 83.4 Å². The van der Waals surface area contributed by atoms with Gasteiger partial charge in [-0.05, 0) is 30.5 Å². The molecule has 2 aliphatic rings. The fourth-order valence-electron chi connectivity index (χ4n) is 4.04. The van der Waals surface area contributed by atoms with E-state index >= 15 is 0 Å². The van der Waals surface area contributed by atoms with E-state index in [1.165, 1.54) is 51.1 Å². The van der Waals surface area contributed by atoms with Gasteiger partial charge in [0.1, 0.15) is 11.6 Å². The maximum Gasteiger partial charge on any atom is 0.263 e. The monoisotopic (exact) mass is 411 g/mol. The largest absolute Gasteiger partial charge is 0.454 e. The summed E-state index contributed by atoms with van der Waals surface area (Å²) < 4.78 is 10.7. The summed E-state index contributed by atoms with van der Waals surface area (Å²) in [6, 6.07) is 7.89. The lowest BCUT2D eigenvalue weighted by Gasteiger charge is -2.19. The van der Waals surface area contributed by atoms with Gasteiger partial charge in [-0.15, -0.1) is 0 Å². The fraction of sp³-hybridized carbons (Fsp3) is 0.583. The summed E-state index contributed by atoms with van der Waals surface area (Å²) in [5.74, 6) is 1.18. The highest BCUT2D eigenvalue weighted by atomic mass is 16.7. The number of nitrogens with one attached hydrogen (secondary N) is 2. The Morgan fingerprint density at radius 2 is 1.63 bits per heavy atom. The first kappa shape index (κ1) is 22.0. The normalized spacial score (nSPS) is 18.6. The number of nitrogens with zero attached hydrogens (tertiary/aromatic N) is 1. The molecule has 0 bridgehead atoms. The highest BCUT2D eigenvalue weighted by Crippen LogP contribution is 2.32. The molecule has 0 unspecified atom stereocenters. The van der Waals surface area contributed by atoms with Gasteiger partial charge in [0.15, 0.2) is 11.5 Å². The van der Waals surface area contributed by atoms with E-state index in [-0.39, 0.29) is 24.3 Å². The van der Waals surface area contributed by atoms with Crippen molar-refractivity contribution >= 4 is 5.91 Å². The van der Waals surface area contributed by atoms with E-state index < -0.39 is 0 Å². The van der Waals surface area contributed by atoms with Gasteiger partial charge in [0.25, 0.3) is 5.91 Å². The molecule has 30 heavy (non-hydrogen) atoms. The maximum atomic E-state index is 12.6. The molecule has 0 aromatic heterocycles. The van der Waals surface area contributed by atoms with E-state index in [0.29, 0.717) is 6.54 Å². The SMILES string of the molecule is N#C/C(=C/NCc1ccc2c(c1)OCO2)C(=O)NC1CCCCCCCCCCC1. The summed E-state index contributed by atoms with van der Waals surface area (Å²) in [7, 11) is 0. The van der Waals surface area contributed by atoms with Crippen molar-refractivity contribution in [2.75, 3.05) is 6.79 Å². The van der Waals surface area contributed by atoms with Crippen LogP contribution >= 0.6 is 0 Å². The Morgan fingerprint density at radius 1 is 1.00 bits per heavy atom. The molecular weight excluding hydrogens is 378 g/mol. The van der Waals surface area contributed by atoms with Gasteiger partial charge in [0, 0.05) is 18.8 Å². The van der Waals surface area contributed by atoms with Crippen molar-refractivity contribution in [1.29, 1.82) is 5.26 Å². The number of nitriles is 1. The van der Waals surface area contributed by atoms with Crippen LogP contribution < -0.4 is 20.1 Å². The molecule has 6 heteroatoms. The lowest BCUT2D eigenvalue weighted by Crippen LogP contribution is -2.36. The molecule has 1 aromatic rings. The Morgan fingerprint density at radius 3 is 2.30 bits per heavy atom. The summed E-state index contributed by atoms with van der Waals surface area (Å²) in [5, 5.41) is 15.6. The quantitative estimate of drug-likeness (QED) is 0.542. The smallest absolute Gasteiger partial charge is 0.263 e. The molecule has 0 spiro atoms. The molecule has 1 amide bonds. The van der Waals surface area contributed by atoms with Crippen molar-refractivity contribution in [3.05, 3.63) is 35.5 Å². The summed E-state index contributed by atoms with van der Waals surface area (Å²) in [6.45, 7) is 0.741. The van der Waals surface area contributed by atoms with Crippen LogP contribution in [0.3, 0.4) is 0 Å². The number of carbonyl (C=O) groups is 1. The van der Waals surface area contributed by atoms with Gasteiger partial charge in [-0.1, -0.05) is 63.9 Å². The van der Waals surface area contributed by atoms with Crippen molar-refractivity contribution in [3.63, 3.8) is 0 Å². The van der Waals surface area contributed by atoms with E-state index in [2.05, 4.69) is 10.6 Å². The molecule has 1 saturated carbocycles. The molecule has 3 rings (SSSR count). The van der Waals surface area contributed by atoms with Gasteiger partial charge < -0.3 is 20.1 Å². The first-order chi connectivity index (χ1) is 14.8. The average molecular weight is 412 g/mol. The van der Waals surface area contributed by atoms with E-state index in [1.54, 1.807) is 0 Å². The number of hydrogen-bond donors (Lipinski definition) is 2. The van der Waals surface area contributed by atoms with Crippen LogP contribution in [0.5, 0.6) is 11.5 Å². The minimum absolute atomic E-state index is 0.113. The number of rotatable bonds is 5. The molecule has 2 N–H and O–H groups in total. The molecular formula is C24H33N3O3. The number of ether oxygens (including phenoxy) is 2. The molecule has 1 aliphatic heterocycles. The zero-order valence-electron chi connectivity index (χ0n) is 17.8. The molecule has 1 fully saturated rings. The highest BCUT2D eigenvalue weighted by Gasteiger charge is 2.16. The van der Waals surface area contributed by atoms with Crippen molar-refractivity contribution in [2.24, 2.45) is 0 Å². The molecule has 0 atom stereocenters. The third-order valence-electron chi connectivity index (χ3n) is 5.80. The number of benzene rings is 1. The minimum atomic E-state index is -0.284. The van der Waals surface area contributed by atoms with Crippen LogP contribution in [0, 0.1) is 11.3 Å². The highest BCUT2D eigenvalue weighted by molar-refractivity contribution is 5.97. The standard InChI is InChI=1S/C24H33N3O3/c25-15-20(17-26-16-19-12-13-22-23(14-19)30-18-29-22)24(28)27-21-10-8-6-4-2-1-3-5-7-9-11-21/h12-14,17,21,26H,1-11,16,18H2,(H,27,28)/b20-17-. The van der Waals surface area contributed by atoms with Crippen LogP contribution in [0.1, 0.15) is 76.2 Å². The van der Waals surface area contributed by atoms with E-state index in [0.717, 1.165) is 42.7 Å². The van der Waals surface area contributed by atoms with E-state index in [1.807, 2.05) is 24.3 Å². The molecule has 1 heterocycles. The predicted octanol–water partition coefficient (Wildman–Crippen LogP) is 4.70. The van der Waals surface area contributed by atoms with Crippen LogP contribution in [-0.4, -0.2) is 18.7 Å². The summed E-state index contributed by atoms with van der Waals surface area (Å²) in [5.41, 5.74) is 1.11. The van der Waals surface area contributed by atoms with Crippen molar-refractivity contribution in [1.82, 2.24) is 10.6 Å². The maximum absolute atomic E-state index is 12.6. The van der Waals surface area contributed by atoms with Crippen LogP contribution in [0.25, 0.3) is 0 Å². The fourth-order valence-corrected chi connectivity index (χ4v) is 4.04. The van der Waals surface area contributed by atoms with Crippen molar-refractivity contribution in [2.45, 2.75) is 83.2 Å². The van der Waals surface area contributed by atoms with Gasteiger partial charge >= 0.3 is 0 Å². The lowest BCUT2D eigenvalue weighted by atomic mass is 9.98. The Kier molecular flexibility index (Phi) is 8.89. The Bertz CT molecular complexity index is 757. The van der Waals surface area contributed by atoms with Gasteiger partial charge in [0.05, 0.1) is 0 Å². The Balaban J connectivity index is 1.50. The van der Waals surface area contributed by atoms with E-state index in [4.69, 9.17) is 9.47 Å². The summed E-state index contributed by atoms with van der Waals surface area (Å²) >= 11 is 0. The molecule has 0 radical (unpaired) electrons. The number of carbonyl (C=O) groups excluding carboxylic acids is 1. The second-order valence-electron chi connectivity index (χ2n) is 8.17. The van der Waals surface area contributed by atoms with Crippen molar-refractivity contribution in [3.8, 4) is 17.6 Å². The van der Waals surface area contributed by atoms with Crippen LogP contribution in [0.4, 0.5) is 0 Å². The summed E-state index contributed by atoms with van der Waals surface area (Å²) in [4.78, 5) is 12.6. The number of amides is 1. The third-order valence-corrected chi connectivity index (χ3v) is 5.80. The first-order valence-corrected chi connectivity index (χ1v) is 11.3. The molecule has 1 aromatic carbocycles. The Labute approximate surface area is 179 Å². The van der Waals surface area contributed by atoms with Gasteiger partial charge in [-0.3, -0.25) is 4.79 Å². The zero-order chi connectivity index (χ0) is 21.0. The van der Waals surface area contributed by atoms with Gasteiger partial charge in [-0.2, -0.15) is 5.26 Å². The second-order valence-corrected chi connectivity index (χ2v) is 8.17. The zero-order valence-corrected chi connectivity index (χ0v) is 17.8. The summed E-state index contributed by atoms with van der Waals surface area (Å²) in [6.07, 6.45) is 14.8. The molecule has 162 valence electrons. The number of hydrogen-bond acceptors (Lipinski definition) is 5. The Hall–Kier alpha value is -2.68.